The van der Waals surface area contributed by atoms with Gasteiger partial charge in [0.05, 0.1) is 16.6 Å². The van der Waals surface area contributed by atoms with Crippen molar-refractivity contribution in [1.29, 1.82) is 5.26 Å². The third-order valence-electron chi connectivity index (χ3n) is 6.83. The fourth-order valence-corrected chi connectivity index (χ4v) is 4.89. The van der Waals surface area contributed by atoms with Gasteiger partial charge in [-0.1, -0.05) is 48.9 Å². The van der Waals surface area contributed by atoms with Crippen LogP contribution in [0.5, 0.6) is 0 Å². The number of hydrogen-bond acceptors (Lipinski definition) is 4. The molecule has 162 valence electrons. The van der Waals surface area contributed by atoms with E-state index in [4.69, 9.17) is 4.98 Å². The molecule has 5 nitrogen and oxygen atoms in total. The van der Waals surface area contributed by atoms with E-state index in [0.717, 1.165) is 61.4 Å². The summed E-state index contributed by atoms with van der Waals surface area (Å²) in [6, 6.07) is 19.4. The van der Waals surface area contributed by atoms with Crippen molar-refractivity contribution in [1.82, 2.24) is 14.3 Å². The van der Waals surface area contributed by atoms with E-state index in [0.29, 0.717) is 5.56 Å². The van der Waals surface area contributed by atoms with E-state index in [2.05, 4.69) is 77.4 Å². The minimum Gasteiger partial charge on any atom is -0.355 e. The molecule has 0 N–H and O–H groups in total. The molecule has 0 unspecified atom stereocenters. The molecule has 1 aliphatic rings. The standard InChI is InChI=1S/C27H29N5/c1-4-30-13-15-31(16-14-30)27-22(17-21-11-9-19(2)10-12-21)20(3)23(18-28)26-29-24-7-5-6-8-25(24)32(26)27/h5-12H,4,13-17H2,1-3H3. The van der Waals surface area contributed by atoms with Gasteiger partial charge in [0.15, 0.2) is 5.65 Å². The van der Waals surface area contributed by atoms with Crippen molar-refractivity contribution < 1.29 is 0 Å². The number of rotatable bonds is 4. The van der Waals surface area contributed by atoms with Gasteiger partial charge in [0.1, 0.15) is 11.9 Å². The first-order valence-electron chi connectivity index (χ1n) is 11.5. The smallest absolute Gasteiger partial charge is 0.157 e. The average molecular weight is 424 g/mol. The first-order valence-corrected chi connectivity index (χ1v) is 11.5. The lowest BCUT2D eigenvalue weighted by atomic mass is 9.96. The molecule has 2 aromatic heterocycles. The first-order chi connectivity index (χ1) is 15.6. The van der Waals surface area contributed by atoms with E-state index in [9.17, 15) is 5.26 Å². The van der Waals surface area contributed by atoms with Crippen molar-refractivity contribution in [2.24, 2.45) is 0 Å². The van der Waals surface area contributed by atoms with E-state index in [1.807, 2.05) is 12.1 Å². The topological polar surface area (TPSA) is 47.6 Å². The van der Waals surface area contributed by atoms with E-state index >= 15 is 0 Å². The number of para-hydroxylation sites is 2. The molecule has 0 saturated carbocycles. The highest BCUT2D eigenvalue weighted by molar-refractivity contribution is 5.86. The summed E-state index contributed by atoms with van der Waals surface area (Å²) in [5.74, 6) is 1.20. The number of aryl methyl sites for hydroxylation is 1. The van der Waals surface area contributed by atoms with Crippen molar-refractivity contribution in [2.75, 3.05) is 37.6 Å². The van der Waals surface area contributed by atoms with Gasteiger partial charge in [0.2, 0.25) is 0 Å². The maximum absolute atomic E-state index is 10.1. The van der Waals surface area contributed by atoms with Crippen LogP contribution in [0.1, 0.15) is 34.7 Å². The molecule has 1 aliphatic heterocycles. The summed E-state index contributed by atoms with van der Waals surface area (Å²) < 4.78 is 2.24. The quantitative estimate of drug-likeness (QED) is 0.477. The third kappa shape index (κ3) is 3.41. The number of nitriles is 1. The van der Waals surface area contributed by atoms with Gasteiger partial charge in [0, 0.05) is 38.2 Å². The Labute approximate surface area is 189 Å². The highest BCUT2D eigenvalue weighted by Gasteiger charge is 2.26. The summed E-state index contributed by atoms with van der Waals surface area (Å²) in [6.07, 6.45) is 0.798. The summed E-state index contributed by atoms with van der Waals surface area (Å²) >= 11 is 0. The normalized spacial score (nSPS) is 14.9. The van der Waals surface area contributed by atoms with Crippen LogP contribution in [0.15, 0.2) is 48.5 Å². The third-order valence-corrected chi connectivity index (χ3v) is 6.83. The maximum Gasteiger partial charge on any atom is 0.157 e. The second-order valence-corrected chi connectivity index (χ2v) is 8.76. The second kappa shape index (κ2) is 8.29. The maximum atomic E-state index is 10.1. The molecule has 0 aliphatic carbocycles. The lowest BCUT2D eigenvalue weighted by Gasteiger charge is -2.37. The van der Waals surface area contributed by atoms with E-state index < -0.39 is 0 Å². The van der Waals surface area contributed by atoms with E-state index in [1.54, 1.807) is 0 Å². The molecular formula is C27H29N5. The van der Waals surface area contributed by atoms with Crippen LogP contribution >= 0.6 is 0 Å². The lowest BCUT2D eigenvalue weighted by Crippen LogP contribution is -2.47. The molecule has 3 heterocycles. The molecule has 5 rings (SSSR count). The van der Waals surface area contributed by atoms with Crippen molar-refractivity contribution in [2.45, 2.75) is 27.2 Å². The molecule has 4 aromatic rings. The zero-order chi connectivity index (χ0) is 22.2. The molecule has 1 fully saturated rings. The zero-order valence-corrected chi connectivity index (χ0v) is 19.1. The molecule has 0 radical (unpaired) electrons. The van der Waals surface area contributed by atoms with Gasteiger partial charge >= 0.3 is 0 Å². The van der Waals surface area contributed by atoms with E-state index in [1.165, 1.54) is 22.5 Å². The van der Waals surface area contributed by atoms with Gasteiger partial charge in [-0.25, -0.2) is 4.98 Å². The van der Waals surface area contributed by atoms with Crippen molar-refractivity contribution in [3.05, 3.63) is 76.3 Å². The monoisotopic (exact) mass is 423 g/mol. The molecule has 32 heavy (non-hydrogen) atoms. The molecule has 5 heteroatoms. The Morgan fingerprint density at radius 3 is 2.38 bits per heavy atom. The highest BCUT2D eigenvalue weighted by atomic mass is 15.3. The van der Waals surface area contributed by atoms with Crippen LogP contribution in [-0.4, -0.2) is 47.0 Å². The Morgan fingerprint density at radius 1 is 0.969 bits per heavy atom. The first kappa shape index (κ1) is 20.5. The second-order valence-electron chi connectivity index (χ2n) is 8.76. The Hall–Kier alpha value is -3.36. The van der Waals surface area contributed by atoms with Gasteiger partial charge in [-0.15, -0.1) is 0 Å². The van der Waals surface area contributed by atoms with E-state index in [-0.39, 0.29) is 0 Å². The molecule has 0 spiro atoms. The Balaban J connectivity index is 1.78. The van der Waals surface area contributed by atoms with Gasteiger partial charge in [-0.05, 0) is 43.7 Å². The van der Waals surface area contributed by atoms with Gasteiger partial charge in [-0.2, -0.15) is 5.26 Å². The van der Waals surface area contributed by atoms with Crippen LogP contribution in [0, 0.1) is 25.2 Å². The van der Waals surface area contributed by atoms with Crippen molar-refractivity contribution >= 4 is 22.5 Å². The highest BCUT2D eigenvalue weighted by Crippen LogP contribution is 2.35. The Morgan fingerprint density at radius 2 is 1.69 bits per heavy atom. The van der Waals surface area contributed by atoms with Crippen LogP contribution in [0.3, 0.4) is 0 Å². The van der Waals surface area contributed by atoms with Crippen LogP contribution in [-0.2, 0) is 6.42 Å². The predicted molar refractivity (Wildman–Crippen MR) is 130 cm³/mol. The fourth-order valence-electron chi connectivity index (χ4n) is 4.89. The summed E-state index contributed by atoms with van der Waals surface area (Å²) in [6.45, 7) is 11.6. The summed E-state index contributed by atoms with van der Waals surface area (Å²) in [5, 5.41) is 10.1. The molecular weight excluding hydrogens is 394 g/mol. The number of benzene rings is 2. The predicted octanol–water partition coefficient (Wildman–Crippen LogP) is 4.71. The number of imidazole rings is 1. The fraction of sp³-hybridized carbons (Fsp3) is 0.333. The number of fused-ring (bicyclic) bond motifs is 3. The molecule has 1 saturated heterocycles. The SMILES string of the molecule is CCN1CCN(c2c(Cc3ccc(C)cc3)c(C)c(C#N)c3nc4ccccc4n23)CC1. The van der Waals surface area contributed by atoms with Gasteiger partial charge in [-0.3, -0.25) is 4.40 Å². The Kier molecular flexibility index (Phi) is 5.32. The average Bonchev–Trinajstić information content (AvgIpc) is 3.20. The molecule has 0 bridgehead atoms. The van der Waals surface area contributed by atoms with Crippen molar-refractivity contribution in [3.8, 4) is 6.07 Å². The van der Waals surface area contributed by atoms with Gasteiger partial charge < -0.3 is 9.80 Å². The number of likely N-dealkylation sites (N-methyl/N-ethyl adjacent to an activating group) is 1. The van der Waals surface area contributed by atoms with Crippen LogP contribution < -0.4 is 4.90 Å². The van der Waals surface area contributed by atoms with Gasteiger partial charge in [0.25, 0.3) is 0 Å². The summed E-state index contributed by atoms with van der Waals surface area (Å²) in [7, 11) is 0. The number of anilines is 1. The minimum absolute atomic E-state index is 0.680. The minimum atomic E-state index is 0.680. The lowest BCUT2D eigenvalue weighted by molar-refractivity contribution is 0.270. The molecule has 2 aromatic carbocycles. The summed E-state index contributed by atoms with van der Waals surface area (Å²) in [4.78, 5) is 9.90. The van der Waals surface area contributed by atoms with Crippen LogP contribution in [0.2, 0.25) is 0 Å². The number of aromatic nitrogens is 2. The van der Waals surface area contributed by atoms with Crippen LogP contribution in [0.25, 0.3) is 16.7 Å². The number of piperazine rings is 1. The number of hydrogen-bond donors (Lipinski definition) is 0. The van der Waals surface area contributed by atoms with Crippen LogP contribution in [0.4, 0.5) is 5.82 Å². The molecule has 0 amide bonds. The largest absolute Gasteiger partial charge is 0.355 e. The van der Waals surface area contributed by atoms with Crippen molar-refractivity contribution in [3.63, 3.8) is 0 Å². The zero-order valence-electron chi connectivity index (χ0n) is 19.1. The Bertz CT molecular complexity index is 1320. The summed E-state index contributed by atoms with van der Waals surface area (Å²) in [5.41, 5.74) is 8.25. The number of pyridine rings is 1. The molecule has 0 atom stereocenters. The number of nitrogens with zero attached hydrogens (tertiary/aromatic N) is 5.